The Labute approximate surface area is 196 Å². The van der Waals surface area contributed by atoms with Gasteiger partial charge in [-0.3, -0.25) is 14.4 Å². The third-order valence-electron chi connectivity index (χ3n) is 5.46. The van der Waals surface area contributed by atoms with Crippen molar-refractivity contribution in [1.82, 2.24) is 5.32 Å². The summed E-state index contributed by atoms with van der Waals surface area (Å²) >= 11 is 0. The number of nitrogens with one attached hydrogen (secondary N) is 3. The molecule has 3 amide bonds. The SMILES string of the molecule is Cc1cc(C(=O)Nc2ccc(C)c(S(=O)(=O)Nc3ccccc3F)c2)ccc1N1CCNC1=O. The van der Waals surface area contributed by atoms with Gasteiger partial charge in [0.1, 0.15) is 5.82 Å². The highest BCUT2D eigenvalue weighted by atomic mass is 32.2. The lowest BCUT2D eigenvalue weighted by atomic mass is 10.1. The van der Waals surface area contributed by atoms with Crippen molar-refractivity contribution >= 4 is 39.0 Å². The zero-order chi connectivity index (χ0) is 24.5. The van der Waals surface area contributed by atoms with E-state index < -0.39 is 21.7 Å². The first kappa shape index (κ1) is 23.2. The van der Waals surface area contributed by atoms with Gasteiger partial charge in [0.05, 0.1) is 10.6 Å². The third-order valence-corrected chi connectivity index (χ3v) is 6.97. The average molecular weight is 483 g/mol. The van der Waals surface area contributed by atoms with E-state index in [1.165, 1.54) is 24.3 Å². The van der Waals surface area contributed by atoms with E-state index in [-0.39, 0.29) is 22.3 Å². The fourth-order valence-corrected chi connectivity index (χ4v) is 5.05. The van der Waals surface area contributed by atoms with Crippen LogP contribution in [0.2, 0.25) is 0 Å². The number of nitrogens with zero attached hydrogens (tertiary/aromatic N) is 1. The summed E-state index contributed by atoms with van der Waals surface area (Å²) in [6, 6.07) is 14.7. The van der Waals surface area contributed by atoms with E-state index in [9.17, 15) is 22.4 Å². The minimum Gasteiger partial charge on any atom is -0.336 e. The van der Waals surface area contributed by atoms with Crippen molar-refractivity contribution in [3.05, 3.63) is 83.2 Å². The Hall–Kier alpha value is -3.92. The molecular weight excluding hydrogens is 459 g/mol. The van der Waals surface area contributed by atoms with Gasteiger partial charge in [-0.05, 0) is 67.4 Å². The minimum absolute atomic E-state index is 0.0832. The number of benzene rings is 3. The summed E-state index contributed by atoms with van der Waals surface area (Å²) in [7, 11) is -4.10. The van der Waals surface area contributed by atoms with Crippen LogP contribution in [0.4, 0.5) is 26.2 Å². The normalized spacial score (nSPS) is 13.5. The fraction of sp³-hybridized carbons (Fsp3) is 0.167. The second kappa shape index (κ2) is 9.14. The smallest absolute Gasteiger partial charge is 0.322 e. The van der Waals surface area contributed by atoms with Crippen LogP contribution in [0.25, 0.3) is 0 Å². The van der Waals surface area contributed by atoms with Gasteiger partial charge >= 0.3 is 6.03 Å². The summed E-state index contributed by atoms with van der Waals surface area (Å²) in [5, 5.41) is 5.44. The lowest BCUT2D eigenvalue weighted by Crippen LogP contribution is -2.28. The van der Waals surface area contributed by atoms with Gasteiger partial charge in [-0.25, -0.2) is 17.6 Å². The maximum absolute atomic E-state index is 13.9. The van der Waals surface area contributed by atoms with Gasteiger partial charge in [0.25, 0.3) is 15.9 Å². The van der Waals surface area contributed by atoms with Gasteiger partial charge in [0.2, 0.25) is 0 Å². The summed E-state index contributed by atoms with van der Waals surface area (Å²) < 4.78 is 42.0. The number of carbonyl (C=O) groups excluding carboxylic acids is 2. The van der Waals surface area contributed by atoms with E-state index in [2.05, 4.69) is 15.4 Å². The van der Waals surface area contributed by atoms with Crippen molar-refractivity contribution in [2.75, 3.05) is 28.0 Å². The maximum atomic E-state index is 13.9. The number of urea groups is 1. The van der Waals surface area contributed by atoms with Crippen LogP contribution in [0.5, 0.6) is 0 Å². The second-order valence-electron chi connectivity index (χ2n) is 7.90. The van der Waals surface area contributed by atoms with Gasteiger partial charge in [0.15, 0.2) is 0 Å². The topological polar surface area (TPSA) is 108 Å². The summed E-state index contributed by atoms with van der Waals surface area (Å²) in [6.07, 6.45) is 0. The molecule has 0 radical (unpaired) electrons. The van der Waals surface area contributed by atoms with Gasteiger partial charge in [-0.1, -0.05) is 18.2 Å². The molecule has 176 valence electrons. The number of rotatable bonds is 6. The number of aryl methyl sites for hydroxylation is 2. The number of anilines is 3. The Morgan fingerprint density at radius 1 is 1.03 bits per heavy atom. The highest BCUT2D eigenvalue weighted by Gasteiger charge is 2.23. The second-order valence-corrected chi connectivity index (χ2v) is 9.56. The summed E-state index contributed by atoms with van der Waals surface area (Å²) in [5.74, 6) is -1.13. The molecule has 0 aromatic heterocycles. The van der Waals surface area contributed by atoms with Crippen LogP contribution in [-0.4, -0.2) is 33.4 Å². The van der Waals surface area contributed by atoms with Crippen LogP contribution in [0.1, 0.15) is 21.5 Å². The zero-order valence-corrected chi connectivity index (χ0v) is 19.4. The lowest BCUT2D eigenvalue weighted by molar-refractivity contribution is 0.102. The Balaban J connectivity index is 1.55. The molecule has 34 heavy (non-hydrogen) atoms. The first-order valence-corrected chi connectivity index (χ1v) is 12.0. The molecule has 3 aromatic rings. The molecule has 0 bridgehead atoms. The number of hydrogen-bond acceptors (Lipinski definition) is 4. The molecule has 0 spiro atoms. The van der Waals surface area contributed by atoms with Gasteiger partial charge < -0.3 is 10.6 Å². The van der Waals surface area contributed by atoms with Crippen molar-refractivity contribution in [2.24, 2.45) is 0 Å². The van der Waals surface area contributed by atoms with E-state index in [0.29, 0.717) is 24.2 Å². The number of halogens is 1. The largest absolute Gasteiger partial charge is 0.336 e. The van der Waals surface area contributed by atoms with Crippen molar-refractivity contribution in [3.63, 3.8) is 0 Å². The van der Waals surface area contributed by atoms with Crippen molar-refractivity contribution < 1.29 is 22.4 Å². The van der Waals surface area contributed by atoms with Gasteiger partial charge in [0, 0.05) is 30.0 Å². The van der Waals surface area contributed by atoms with Crippen LogP contribution in [0, 0.1) is 19.7 Å². The van der Waals surface area contributed by atoms with Gasteiger partial charge in [-0.2, -0.15) is 0 Å². The van der Waals surface area contributed by atoms with E-state index in [0.717, 1.165) is 17.3 Å². The van der Waals surface area contributed by atoms with E-state index in [4.69, 9.17) is 0 Å². The Kier molecular flexibility index (Phi) is 6.25. The molecule has 4 rings (SSSR count). The molecule has 8 nitrogen and oxygen atoms in total. The standard InChI is InChI=1S/C24H23FN4O4S/c1-15-7-9-18(14-22(15)34(32,33)28-20-6-4-3-5-19(20)25)27-23(30)17-8-10-21(16(2)13-17)29-12-11-26-24(29)31/h3-10,13-14,28H,11-12H2,1-2H3,(H,26,31)(H,27,30). The highest BCUT2D eigenvalue weighted by molar-refractivity contribution is 7.92. The van der Waals surface area contributed by atoms with Crippen LogP contribution >= 0.6 is 0 Å². The molecule has 3 aromatic carbocycles. The molecule has 0 unspecified atom stereocenters. The van der Waals surface area contributed by atoms with E-state index in [1.807, 2.05) is 6.92 Å². The van der Waals surface area contributed by atoms with Crippen molar-refractivity contribution in [3.8, 4) is 0 Å². The molecule has 3 N–H and O–H groups in total. The molecule has 0 saturated carbocycles. The fourth-order valence-electron chi connectivity index (χ4n) is 3.72. The maximum Gasteiger partial charge on any atom is 0.322 e. The molecular formula is C24H23FN4O4S. The summed E-state index contributed by atoms with van der Waals surface area (Å²) in [6.45, 7) is 4.53. The Morgan fingerprint density at radius 2 is 1.79 bits per heavy atom. The summed E-state index contributed by atoms with van der Waals surface area (Å²) in [4.78, 5) is 26.3. The zero-order valence-electron chi connectivity index (χ0n) is 18.6. The van der Waals surface area contributed by atoms with Crippen LogP contribution in [0.15, 0.2) is 65.6 Å². The average Bonchev–Trinajstić information content (AvgIpc) is 3.22. The number of sulfonamides is 1. The number of hydrogen-bond donors (Lipinski definition) is 3. The third kappa shape index (κ3) is 4.72. The molecule has 1 fully saturated rings. The Bertz CT molecular complexity index is 1390. The number of para-hydroxylation sites is 1. The van der Waals surface area contributed by atoms with Crippen molar-refractivity contribution in [2.45, 2.75) is 18.7 Å². The first-order valence-electron chi connectivity index (χ1n) is 10.5. The molecule has 1 heterocycles. The number of amides is 3. The number of carbonyl (C=O) groups is 2. The van der Waals surface area contributed by atoms with Crippen LogP contribution < -0.4 is 20.3 Å². The quantitative estimate of drug-likeness (QED) is 0.493. The predicted molar refractivity (Wildman–Crippen MR) is 128 cm³/mol. The van der Waals surface area contributed by atoms with Crippen molar-refractivity contribution in [1.29, 1.82) is 0 Å². The minimum atomic E-state index is -4.10. The summed E-state index contributed by atoms with van der Waals surface area (Å²) in [5.41, 5.74) is 2.37. The van der Waals surface area contributed by atoms with E-state index >= 15 is 0 Å². The lowest BCUT2D eigenvalue weighted by Gasteiger charge is -2.18. The van der Waals surface area contributed by atoms with Crippen LogP contribution in [-0.2, 0) is 10.0 Å². The molecule has 0 atom stereocenters. The van der Waals surface area contributed by atoms with E-state index in [1.54, 1.807) is 42.2 Å². The first-order chi connectivity index (χ1) is 16.2. The van der Waals surface area contributed by atoms with Crippen LogP contribution in [0.3, 0.4) is 0 Å². The molecule has 1 aliphatic rings. The molecule has 1 saturated heterocycles. The highest BCUT2D eigenvalue weighted by Crippen LogP contribution is 2.26. The monoisotopic (exact) mass is 482 g/mol. The molecule has 10 heteroatoms. The molecule has 0 aliphatic carbocycles. The van der Waals surface area contributed by atoms with Gasteiger partial charge in [-0.15, -0.1) is 0 Å². The Morgan fingerprint density at radius 3 is 2.47 bits per heavy atom. The molecule has 1 aliphatic heterocycles. The predicted octanol–water partition coefficient (Wildman–Crippen LogP) is 4.03.